The SMILES string of the molecule is Cc1cccc(NC(=O)CN2C(=O)N/C(=C/c3cccn3-c3ccc(Br)cc3)C2=O)c1. The minimum Gasteiger partial charge on any atom is -0.325 e. The van der Waals surface area contributed by atoms with Crippen molar-refractivity contribution in [2.24, 2.45) is 0 Å². The molecule has 1 aliphatic heterocycles. The predicted molar refractivity (Wildman–Crippen MR) is 121 cm³/mol. The van der Waals surface area contributed by atoms with Crippen LogP contribution in [0.3, 0.4) is 0 Å². The highest BCUT2D eigenvalue weighted by atomic mass is 79.9. The van der Waals surface area contributed by atoms with Crippen LogP contribution in [0.5, 0.6) is 0 Å². The van der Waals surface area contributed by atoms with E-state index in [4.69, 9.17) is 0 Å². The van der Waals surface area contributed by atoms with Gasteiger partial charge in [-0.15, -0.1) is 0 Å². The molecule has 1 aromatic heterocycles. The van der Waals surface area contributed by atoms with E-state index in [0.717, 1.165) is 26.3 Å². The Balaban J connectivity index is 1.50. The van der Waals surface area contributed by atoms with Crippen LogP contribution >= 0.6 is 15.9 Å². The maximum absolute atomic E-state index is 12.8. The fraction of sp³-hybridized carbons (Fsp3) is 0.0870. The summed E-state index contributed by atoms with van der Waals surface area (Å²) in [6.45, 7) is 1.54. The van der Waals surface area contributed by atoms with Gasteiger partial charge in [0.25, 0.3) is 5.91 Å². The number of hydrogen-bond donors (Lipinski definition) is 2. The van der Waals surface area contributed by atoms with E-state index in [9.17, 15) is 14.4 Å². The van der Waals surface area contributed by atoms with Gasteiger partial charge in [-0.1, -0.05) is 28.1 Å². The first-order valence-electron chi connectivity index (χ1n) is 9.55. The number of nitrogens with zero attached hydrogens (tertiary/aromatic N) is 2. The van der Waals surface area contributed by atoms with Gasteiger partial charge in [0.15, 0.2) is 0 Å². The van der Waals surface area contributed by atoms with Crippen LogP contribution < -0.4 is 10.6 Å². The lowest BCUT2D eigenvalue weighted by molar-refractivity contribution is -0.127. The second-order valence-corrected chi connectivity index (χ2v) is 7.99. The summed E-state index contributed by atoms with van der Waals surface area (Å²) in [7, 11) is 0. The van der Waals surface area contributed by atoms with Gasteiger partial charge in [-0.25, -0.2) is 9.69 Å². The number of anilines is 1. The molecule has 156 valence electrons. The lowest BCUT2D eigenvalue weighted by Gasteiger charge is -2.12. The van der Waals surface area contributed by atoms with Gasteiger partial charge in [-0.3, -0.25) is 9.59 Å². The molecular formula is C23H19BrN4O3. The molecule has 1 fully saturated rings. The molecule has 1 saturated heterocycles. The summed E-state index contributed by atoms with van der Waals surface area (Å²) in [5, 5.41) is 5.26. The summed E-state index contributed by atoms with van der Waals surface area (Å²) in [5.41, 5.74) is 3.35. The monoisotopic (exact) mass is 478 g/mol. The molecule has 0 saturated carbocycles. The molecule has 0 bridgehead atoms. The molecular weight excluding hydrogens is 460 g/mol. The molecule has 0 radical (unpaired) electrons. The number of amides is 4. The van der Waals surface area contributed by atoms with Crippen LogP contribution in [0.2, 0.25) is 0 Å². The van der Waals surface area contributed by atoms with Crippen LogP contribution in [0, 0.1) is 6.92 Å². The number of urea groups is 1. The second-order valence-electron chi connectivity index (χ2n) is 7.08. The van der Waals surface area contributed by atoms with Crippen LogP contribution in [0.4, 0.5) is 10.5 Å². The van der Waals surface area contributed by atoms with Crippen molar-refractivity contribution in [2.45, 2.75) is 6.92 Å². The third-order valence-corrected chi connectivity index (χ3v) is 5.27. The maximum atomic E-state index is 12.8. The fourth-order valence-corrected chi connectivity index (χ4v) is 3.54. The standard InChI is InChI=1S/C23H19BrN4O3/c1-15-4-2-5-17(12-15)25-21(29)14-28-22(30)20(26-23(28)31)13-19-6-3-11-27(19)18-9-7-16(24)8-10-18/h2-13H,14H2,1H3,(H,25,29)(H,26,31)/b20-13+. The van der Waals surface area contributed by atoms with Crippen LogP contribution in [0.25, 0.3) is 11.8 Å². The molecule has 0 unspecified atom stereocenters. The highest BCUT2D eigenvalue weighted by Gasteiger charge is 2.35. The fourth-order valence-electron chi connectivity index (χ4n) is 3.28. The van der Waals surface area contributed by atoms with Crippen molar-refractivity contribution in [3.05, 3.63) is 88.3 Å². The van der Waals surface area contributed by atoms with Gasteiger partial charge >= 0.3 is 6.03 Å². The van der Waals surface area contributed by atoms with Gasteiger partial charge in [0.1, 0.15) is 12.2 Å². The molecule has 4 rings (SSSR count). The van der Waals surface area contributed by atoms with Crippen LogP contribution in [0.15, 0.2) is 77.0 Å². The summed E-state index contributed by atoms with van der Waals surface area (Å²) in [5.74, 6) is -0.999. The molecule has 2 aromatic carbocycles. The van der Waals surface area contributed by atoms with Crippen molar-refractivity contribution in [1.82, 2.24) is 14.8 Å². The molecule has 0 atom stereocenters. The topological polar surface area (TPSA) is 83.4 Å². The molecule has 7 nitrogen and oxygen atoms in total. The minimum absolute atomic E-state index is 0.116. The molecule has 3 aromatic rings. The third kappa shape index (κ3) is 4.59. The van der Waals surface area contributed by atoms with Crippen molar-refractivity contribution in [2.75, 3.05) is 11.9 Å². The van der Waals surface area contributed by atoms with Crippen molar-refractivity contribution < 1.29 is 14.4 Å². The Morgan fingerprint density at radius 2 is 1.87 bits per heavy atom. The van der Waals surface area contributed by atoms with E-state index in [2.05, 4.69) is 26.6 Å². The molecule has 4 amide bonds. The average molecular weight is 479 g/mol. The Labute approximate surface area is 187 Å². The van der Waals surface area contributed by atoms with Crippen LogP contribution in [0.1, 0.15) is 11.3 Å². The number of imide groups is 1. The van der Waals surface area contributed by atoms with E-state index in [0.29, 0.717) is 5.69 Å². The van der Waals surface area contributed by atoms with Crippen molar-refractivity contribution in [3.63, 3.8) is 0 Å². The number of carbonyl (C=O) groups excluding carboxylic acids is 3. The molecule has 0 aliphatic carbocycles. The second kappa shape index (κ2) is 8.61. The smallest absolute Gasteiger partial charge is 0.325 e. The van der Waals surface area contributed by atoms with Gasteiger partial charge < -0.3 is 15.2 Å². The van der Waals surface area contributed by atoms with Gasteiger partial charge in [0, 0.05) is 27.7 Å². The van der Waals surface area contributed by atoms with Crippen LogP contribution in [-0.4, -0.2) is 33.9 Å². The van der Waals surface area contributed by atoms with Gasteiger partial charge in [0.2, 0.25) is 5.91 Å². The number of rotatable bonds is 5. The summed E-state index contributed by atoms with van der Waals surface area (Å²) >= 11 is 3.41. The number of hydrogen-bond acceptors (Lipinski definition) is 3. The van der Waals surface area contributed by atoms with Crippen molar-refractivity contribution in [3.8, 4) is 5.69 Å². The van der Waals surface area contributed by atoms with Gasteiger partial charge in [-0.2, -0.15) is 0 Å². The lowest BCUT2D eigenvalue weighted by atomic mass is 10.2. The van der Waals surface area contributed by atoms with E-state index >= 15 is 0 Å². The first-order valence-corrected chi connectivity index (χ1v) is 10.3. The highest BCUT2D eigenvalue weighted by molar-refractivity contribution is 9.10. The van der Waals surface area contributed by atoms with E-state index in [-0.39, 0.29) is 12.2 Å². The Hall–Kier alpha value is -3.65. The molecule has 31 heavy (non-hydrogen) atoms. The Morgan fingerprint density at radius 1 is 1.10 bits per heavy atom. The minimum atomic E-state index is -0.627. The first-order chi connectivity index (χ1) is 14.9. The van der Waals surface area contributed by atoms with E-state index < -0.39 is 17.8 Å². The van der Waals surface area contributed by atoms with Crippen molar-refractivity contribution >= 4 is 45.5 Å². The van der Waals surface area contributed by atoms with Crippen molar-refractivity contribution in [1.29, 1.82) is 0 Å². The quantitative estimate of drug-likeness (QED) is 0.428. The number of carbonyl (C=O) groups is 3. The summed E-state index contributed by atoms with van der Waals surface area (Å²) < 4.78 is 2.85. The van der Waals surface area contributed by atoms with Gasteiger partial charge in [-0.05, 0) is 67.1 Å². The zero-order chi connectivity index (χ0) is 22.0. The Morgan fingerprint density at radius 3 is 2.61 bits per heavy atom. The Bertz CT molecular complexity index is 1200. The third-order valence-electron chi connectivity index (χ3n) is 4.74. The largest absolute Gasteiger partial charge is 0.329 e. The molecule has 0 spiro atoms. The zero-order valence-corrected chi connectivity index (χ0v) is 18.2. The maximum Gasteiger partial charge on any atom is 0.329 e. The van der Waals surface area contributed by atoms with E-state index in [1.54, 1.807) is 12.1 Å². The zero-order valence-electron chi connectivity index (χ0n) is 16.6. The number of benzene rings is 2. The summed E-state index contributed by atoms with van der Waals surface area (Å²) in [6.07, 6.45) is 3.46. The molecule has 1 aliphatic rings. The normalized spacial score (nSPS) is 14.8. The summed E-state index contributed by atoms with van der Waals surface area (Å²) in [6, 6.07) is 18.1. The lowest BCUT2D eigenvalue weighted by Crippen LogP contribution is -2.38. The molecule has 8 heteroatoms. The van der Waals surface area contributed by atoms with E-state index in [1.165, 1.54) is 0 Å². The first kappa shape index (κ1) is 20.6. The number of aryl methyl sites for hydroxylation is 1. The van der Waals surface area contributed by atoms with Crippen LogP contribution in [-0.2, 0) is 9.59 Å². The molecule has 2 N–H and O–H groups in total. The van der Waals surface area contributed by atoms with E-state index in [1.807, 2.05) is 72.3 Å². The number of nitrogens with one attached hydrogen (secondary N) is 2. The molecule has 2 heterocycles. The predicted octanol–water partition coefficient (Wildman–Crippen LogP) is 4.08. The van der Waals surface area contributed by atoms with Gasteiger partial charge in [0.05, 0.1) is 0 Å². The average Bonchev–Trinajstić information content (AvgIpc) is 3.29. The highest BCUT2D eigenvalue weighted by Crippen LogP contribution is 2.20. The summed E-state index contributed by atoms with van der Waals surface area (Å²) in [4.78, 5) is 38.3. The Kier molecular flexibility index (Phi) is 5.73. The number of halogens is 1. The number of aromatic nitrogens is 1.